The summed E-state index contributed by atoms with van der Waals surface area (Å²) in [6.45, 7) is 8.37. The fraction of sp³-hybridized carbons (Fsp3) is 0.364. The number of nitrogens with zero attached hydrogens (tertiary/aromatic N) is 1. The molecule has 0 spiro atoms. The van der Waals surface area contributed by atoms with Gasteiger partial charge in [-0.05, 0) is 75.2 Å². The van der Waals surface area contributed by atoms with Crippen LogP contribution < -0.4 is 15.0 Å². The second kappa shape index (κ2) is 7.82. The fourth-order valence-corrected chi connectivity index (χ4v) is 3.17. The first kappa shape index (κ1) is 19.0. The van der Waals surface area contributed by atoms with Crippen molar-refractivity contribution in [1.82, 2.24) is 0 Å². The lowest BCUT2D eigenvalue weighted by Gasteiger charge is -2.18. The summed E-state index contributed by atoms with van der Waals surface area (Å²) in [6, 6.07) is 13.3. The molecule has 2 amide bonds. The van der Waals surface area contributed by atoms with Crippen LogP contribution in [-0.2, 0) is 9.59 Å². The number of carbonyl (C=O) groups excluding carboxylic acids is 2. The number of aryl methyl sites for hydroxylation is 2. The molecule has 0 radical (unpaired) electrons. The van der Waals surface area contributed by atoms with Crippen LogP contribution in [0.3, 0.4) is 0 Å². The van der Waals surface area contributed by atoms with Crippen molar-refractivity contribution in [3.05, 3.63) is 53.6 Å². The third-order valence-electron chi connectivity index (χ3n) is 4.79. The summed E-state index contributed by atoms with van der Waals surface area (Å²) in [6.07, 6.45) is 0.323. The predicted molar refractivity (Wildman–Crippen MR) is 107 cm³/mol. The molecule has 0 aliphatic carbocycles. The maximum atomic E-state index is 12.6. The van der Waals surface area contributed by atoms with Gasteiger partial charge in [-0.1, -0.05) is 6.07 Å². The largest absolute Gasteiger partial charge is 0.491 e. The Kier molecular flexibility index (Phi) is 5.49. The summed E-state index contributed by atoms with van der Waals surface area (Å²) in [4.78, 5) is 26.7. The summed E-state index contributed by atoms with van der Waals surface area (Å²) in [5, 5.41) is 2.94. The van der Waals surface area contributed by atoms with Crippen molar-refractivity contribution >= 4 is 23.2 Å². The number of carbonyl (C=O) groups is 2. The lowest BCUT2D eigenvalue weighted by atomic mass is 10.1. The Morgan fingerprint density at radius 1 is 1.11 bits per heavy atom. The van der Waals surface area contributed by atoms with E-state index in [1.807, 2.05) is 70.2 Å². The minimum atomic E-state index is -0.356. The Hall–Kier alpha value is -2.82. The van der Waals surface area contributed by atoms with E-state index >= 15 is 0 Å². The maximum absolute atomic E-state index is 12.6. The number of amides is 2. The molecule has 27 heavy (non-hydrogen) atoms. The molecule has 0 saturated carbocycles. The number of ether oxygens (including phenoxy) is 1. The minimum Gasteiger partial charge on any atom is -0.491 e. The van der Waals surface area contributed by atoms with Gasteiger partial charge < -0.3 is 15.0 Å². The van der Waals surface area contributed by atoms with E-state index in [0.29, 0.717) is 6.54 Å². The van der Waals surface area contributed by atoms with Crippen LogP contribution in [0.25, 0.3) is 0 Å². The van der Waals surface area contributed by atoms with Gasteiger partial charge in [-0.15, -0.1) is 0 Å². The van der Waals surface area contributed by atoms with Crippen LogP contribution in [0.4, 0.5) is 11.4 Å². The number of anilines is 2. The lowest BCUT2D eigenvalue weighted by Crippen LogP contribution is -2.28. The molecule has 0 aromatic heterocycles. The third kappa shape index (κ3) is 4.48. The van der Waals surface area contributed by atoms with E-state index in [9.17, 15) is 9.59 Å². The summed E-state index contributed by atoms with van der Waals surface area (Å²) in [7, 11) is 0. The standard InChI is InChI=1S/C22H26N2O3/c1-14(2)27-20-9-7-19(8-10-20)24-13-17(12-21(24)25)22(26)23-18-6-5-15(3)16(4)11-18/h5-11,14,17H,12-13H2,1-4H3,(H,23,26)/t17-/m0/s1. The van der Waals surface area contributed by atoms with Gasteiger partial charge >= 0.3 is 0 Å². The Morgan fingerprint density at radius 3 is 2.44 bits per heavy atom. The molecule has 1 N–H and O–H groups in total. The van der Waals surface area contributed by atoms with Gasteiger partial charge in [0.2, 0.25) is 11.8 Å². The number of nitrogens with one attached hydrogen (secondary N) is 1. The smallest absolute Gasteiger partial charge is 0.229 e. The van der Waals surface area contributed by atoms with Crippen molar-refractivity contribution in [2.24, 2.45) is 5.92 Å². The van der Waals surface area contributed by atoms with Crippen LogP contribution in [0.2, 0.25) is 0 Å². The molecule has 3 rings (SSSR count). The van der Waals surface area contributed by atoms with E-state index in [2.05, 4.69) is 5.32 Å². The fourth-order valence-electron chi connectivity index (χ4n) is 3.17. The minimum absolute atomic E-state index is 0.0345. The summed E-state index contributed by atoms with van der Waals surface area (Å²) in [5.74, 6) is 0.261. The highest BCUT2D eigenvalue weighted by Crippen LogP contribution is 2.28. The first-order valence-corrected chi connectivity index (χ1v) is 9.28. The van der Waals surface area contributed by atoms with Crippen LogP contribution in [0.1, 0.15) is 31.4 Å². The third-order valence-corrected chi connectivity index (χ3v) is 4.79. The molecule has 1 saturated heterocycles. The maximum Gasteiger partial charge on any atom is 0.229 e. The number of benzene rings is 2. The van der Waals surface area contributed by atoms with E-state index in [1.54, 1.807) is 4.90 Å². The van der Waals surface area contributed by atoms with Crippen LogP contribution >= 0.6 is 0 Å². The number of rotatable bonds is 5. The molecule has 1 heterocycles. The normalized spacial score (nSPS) is 16.7. The molecular weight excluding hydrogens is 340 g/mol. The van der Waals surface area contributed by atoms with Crippen LogP contribution in [-0.4, -0.2) is 24.5 Å². The van der Waals surface area contributed by atoms with Gasteiger partial charge in [0.1, 0.15) is 5.75 Å². The number of hydrogen-bond acceptors (Lipinski definition) is 3. The quantitative estimate of drug-likeness (QED) is 0.867. The molecule has 2 aromatic carbocycles. The Balaban J connectivity index is 1.65. The topological polar surface area (TPSA) is 58.6 Å². The van der Waals surface area contributed by atoms with E-state index in [4.69, 9.17) is 4.74 Å². The highest BCUT2D eigenvalue weighted by molar-refractivity contribution is 6.03. The summed E-state index contributed by atoms with van der Waals surface area (Å²) < 4.78 is 5.63. The van der Waals surface area contributed by atoms with Crippen LogP contribution in [0.15, 0.2) is 42.5 Å². The van der Waals surface area contributed by atoms with Gasteiger partial charge in [0.15, 0.2) is 0 Å². The average Bonchev–Trinajstić information content (AvgIpc) is 3.00. The Labute approximate surface area is 160 Å². The van der Waals surface area contributed by atoms with Crippen molar-refractivity contribution in [3.63, 3.8) is 0 Å². The van der Waals surface area contributed by atoms with E-state index in [1.165, 1.54) is 5.56 Å². The zero-order valence-corrected chi connectivity index (χ0v) is 16.3. The van der Waals surface area contributed by atoms with E-state index < -0.39 is 0 Å². The van der Waals surface area contributed by atoms with Gasteiger partial charge in [-0.25, -0.2) is 0 Å². The van der Waals surface area contributed by atoms with Gasteiger partial charge in [0.25, 0.3) is 0 Å². The highest BCUT2D eigenvalue weighted by atomic mass is 16.5. The van der Waals surface area contributed by atoms with Gasteiger partial charge in [-0.3, -0.25) is 9.59 Å². The summed E-state index contributed by atoms with van der Waals surface area (Å²) >= 11 is 0. The highest BCUT2D eigenvalue weighted by Gasteiger charge is 2.35. The van der Waals surface area contributed by atoms with Crippen molar-refractivity contribution < 1.29 is 14.3 Å². The molecule has 5 nitrogen and oxygen atoms in total. The van der Waals surface area contributed by atoms with Crippen LogP contribution in [0.5, 0.6) is 5.75 Å². The molecule has 0 unspecified atom stereocenters. The van der Waals surface area contributed by atoms with Crippen molar-refractivity contribution in [1.29, 1.82) is 0 Å². The SMILES string of the molecule is Cc1ccc(NC(=O)[C@H]2CC(=O)N(c3ccc(OC(C)C)cc3)C2)cc1C. The molecule has 1 atom stereocenters. The Bertz CT molecular complexity index is 843. The Morgan fingerprint density at radius 2 is 1.81 bits per heavy atom. The zero-order valence-electron chi connectivity index (χ0n) is 16.3. The second-order valence-electron chi connectivity index (χ2n) is 7.35. The van der Waals surface area contributed by atoms with Crippen molar-refractivity contribution in [2.75, 3.05) is 16.8 Å². The lowest BCUT2D eigenvalue weighted by molar-refractivity contribution is -0.122. The van der Waals surface area contributed by atoms with Crippen molar-refractivity contribution in [3.8, 4) is 5.75 Å². The van der Waals surface area contributed by atoms with Gasteiger partial charge in [0.05, 0.1) is 12.0 Å². The molecule has 142 valence electrons. The van der Waals surface area contributed by atoms with Gasteiger partial charge in [0, 0.05) is 24.3 Å². The monoisotopic (exact) mass is 366 g/mol. The average molecular weight is 366 g/mol. The molecule has 1 fully saturated rings. The molecular formula is C22H26N2O3. The first-order valence-electron chi connectivity index (χ1n) is 9.28. The molecule has 1 aliphatic rings. The van der Waals surface area contributed by atoms with E-state index in [-0.39, 0.29) is 30.3 Å². The second-order valence-corrected chi connectivity index (χ2v) is 7.35. The predicted octanol–water partition coefficient (Wildman–Crippen LogP) is 4.08. The molecule has 1 aliphatic heterocycles. The van der Waals surface area contributed by atoms with Crippen molar-refractivity contribution in [2.45, 2.75) is 40.2 Å². The molecule has 5 heteroatoms. The summed E-state index contributed by atoms with van der Waals surface area (Å²) in [5.41, 5.74) is 3.86. The van der Waals surface area contributed by atoms with Gasteiger partial charge in [-0.2, -0.15) is 0 Å². The molecule has 0 bridgehead atoms. The van der Waals surface area contributed by atoms with Crippen LogP contribution in [0, 0.1) is 19.8 Å². The first-order chi connectivity index (χ1) is 12.8. The number of hydrogen-bond donors (Lipinski definition) is 1. The molecule has 2 aromatic rings. The van der Waals surface area contributed by atoms with E-state index in [0.717, 1.165) is 22.7 Å². The zero-order chi connectivity index (χ0) is 19.6.